The summed E-state index contributed by atoms with van der Waals surface area (Å²) in [5.41, 5.74) is 7.02. The molecule has 3 aromatic rings. The van der Waals surface area contributed by atoms with Crippen LogP contribution in [0.4, 0.5) is 5.82 Å². The number of pyridine rings is 2. The number of hydrogen-bond acceptors (Lipinski definition) is 6. The van der Waals surface area contributed by atoms with Gasteiger partial charge >= 0.3 is 0 Å². The molecule has 0 bridgehead atoms. The minimum atomic E-state index is -0.518. The maximum Gasteiger partial charge on any atom is 0.274 e. The summed E-state index contributed by atoms with van der Waals surface area (Å²) in [7, 11) is 0. The SMILES string of the molecule is NC1CCN(c2nc(C(=O)NCc3cc(Cl)cc(Cl)c3)c(O)c3ncccc23)C1. The predicted octanol–water partition coefficient (Wildman–Crippen LogP) is 3.11. The summed E-state index contributed by atoms with van der Waals surface area (Å²) in [4.78, 5) is 23.6. The zero-order chi connectivity index (χ0) is 20.5. The van der Waals surface area contributed by atoms with E-state index < -0.39 is 5.91 Å². The third-order valence-corrected chi connectivity index (χ3v) is 5.27. The lowest BCUT2D eigenvalue weighted by atomic mass is 10.1. The fourth-order valence-corrected chi connectivity index (χ4v) is 4.04. The lowest BCUT2D eigenvalue weighted by Crippen LogP contribution is -2.29. The molecule has 29 heavy (non-hydrogen) atoms. The van der Waals surface area contributed by atoms with E-state index in [4.69, 9.17) is 28.9 Å². The van der Waals surface area contributed by atoms with Crippen LogP contribution >= 0.6 is 23.2 Å². The highest BCUT2D eigenvalue weighted by Crippen LogP contribution is 2.33. The lowest BCUT2D eigenvalue weighted by Gasteiger charge is -2.20. The first kappa shape index (κ1) is 19.7. The monoisotopic (exact) mass is 431 g/mol. The lowest BCUT2D eigenvalue weighted by molar-refractivity contribution is 0.0943. The van der Waals surface area contributed by atoms with Crippen molar-refractivity contribution in [1.29, 1.82) is 0 Å². The topological polar surface area (TPSA) is 104 Å². The molecule has 4 rings (SSSR count). The molecule has 4 N–H and O–H groups in total. The number of carbonyl (C=O) groups excluding carboxylic acids is 1. The number of nitrogens with two attached hydrogens (primary N) is 1. The standard InChI is InChI=1S/C20H19Cl2N5O2/c21-12-6-11(7-13(22)8-12)9-25-20(29)17-18(28)16-15(2-1-4-24-16)19(26-17)27-5-3-14(23)10-27/h1-2,4,6-8,14,28H,3,5,9-10,23H2,(H,25,29). The van der Waals surface area contributed by atoms with Crippen LogP contribution in [-0.4, -0.2) is 40.1 Å². The number of rotatable bonds is 4. The number of nitrogens with one attached hydrogen (secondary N) is 1. The van der Waals surface area contributed by atoms with Crippen LogP contribution in [0.3, 0.4) is 0 Å². The summed E-state index contributed by atoms with van der Waals surface area (Å²) >= 11 is 12.0. The van der Waals surface area contributed by atoms with Gasteiger partial charge in [-0.2, -0.15) is 0 Å². The Hall–Kier alpha value is -2.61. The van der Waals surface area contributed by atoms with Crippen LogP contribution in [0.2, 0.25) is 10.0 Å². The van der Waals surface area contributed by atoms with E-state index in [0.717, 1.165) is 18.5 Å². The van der Waals surface area contributed by atoms with Gasteiger partial charge < -0.3 is 21.1 Å². The summed E-state index contributed by atoms with van der Waals surface area (Å²) in [6, 6.07) is 8.67. The molecular weight excluding hydrogens is 413 g/mol. The molecule has 150 valence electrons. The molecule has 3 heterocycles. The number of fused-ring (bicyclic) bond motifs is 1. The largest absolute Gasteiger partial charge is 0.504 e. The van der Waals surface area contributed by atoms with Gasteiger partial charge in [-0.1, -0.05) is 23.2 Å². The first-order valence-corrected chi connectivity index (χ1v) is 9.89. The highest BCUT2D eigenvalue weighted by molar-refractivity contribution is 6.34. The van der Waals surface area contributed by atoms with Crippen molar-refractivity contribution >= 4 is 45.8 Å². The highest BCUT2D eigenvalue weighted by Gasteiger charge is 2.26. The molecule has 1 amide bonds. The number of amides is 1. The van der Waals surface area contributed by atoms with Crippen molar-refractivity contribution in [2.45, 2.75) is 19.0 Å². The van der Waals surface area contributed by atoms with Crippen LogP contribution in [0.15, 0.2) is 36.5 Å². The first-order chi connectivity index (χ1) is 13.9. The van der Waals surface area contributed by atoms with Crippen molar-refractivity contribution in [2.75, 3.05) is 18.0 Å². The molecule has 0 radical (unpaired) electrons. The molecule has 2 aromatic heterocycles. The van der Waals surface area contributed by atoms with Crippen LogP contribution in [0.5, 0.6) is 5.75 Å². The smallest absolute Gasteiger partial charge is 0.274 e. The molecular formula is C20H19Cl2N5O2. The Balaban J connectivity index is 1.67. The highest BCUT2D eigenvalue weighted by atomic mass is 35.5. The van der Waals surface area contributed by atoms with Crippen molar-refractivity contribution in [3.8, 4) is 5.75 Å². The number of halogens is 2. The van der Waals surface area contributed by atoms with Crippen LogP contribution in [0, 0.1) is 0 Å². The zero-order valence-electron chi connectivity index (χ0n) is 15.4. The fraction of sp³-hybridized carbons (Fsp3) is 0.250. The van der Waals surface area contributed by atoms with Crippen molar-refractivity contribution in [2.24, 2.45) is 5.73 Å². The minimum absolute atomic E-state index is 0.0437. The van der Waals surface area contributed by atoms with Crippen LogP contribution in [0.25, 0.3) is 10.9 Å². The van der Waals surface area contributed by atoms with Crippen molar-refractivity contribution in [1.82, 2.24) is 15.3 Å². The van der Waals surface area contributed by atoms with Gasteiger partial charge in [-0.3, -0.25) is 9.78 Å². The van der Waals surface area contributed by atoms with Crippen LogP contribution < -0.4 is 16.0 Å². The maximum absolute atomic E-state index is 12.8. The van der Waals surface area contributed by atoms with Gasteiger partial charge in [-0.15, -0.1) is 0 Å². The summed E-state index contributed by atoms with van der Waals surface area (Å²) in [5.74, 6) is -0.180. The average molecular weight is 432 g/mol. The number of hydrogen-bond donors (Lipinski definition) is 3. The normalized spacial score (nSPS) is 16.4. The van der Waals surface area contributed by atoms with E-state index >= 15 is 0 Å². The number of anilines is 1. The Morgan fingerprint density at radius 1 is 1.31 bits per heavy atom. The number of nitrogens with zero attached hydrogens (tertiary/aromatic N) is 3. The van der Waals surface area contributed by atoms with Crippen molar-refractivity contribution < 1.29 is 9.90 Å². The molecule has 1 aromatic carbocycles. The second-order valence-electron chi connectivity index (χ2n) is 6.99. The number of benzene rings is 1. The van der Waals surface area contributed by atoms with Gasteiger partial charge in [-0.05, 0) is 42.3 Å². The molecule has 0 spiro atoms. The van der Waals surface area contributed by atoms with Gasteiger partial charge in [0.05, 0.1) is 0 Å². The van der Waals surface area contributed by atoms with Gasteiger partial charge in [0.2, 0.25) is 0 Å². The third-order valence-electron chi connectivity index (χ3n) is 4.83. The first-order valence-electron chi connectivity index (χ1n) is 9.14. The second-order valence-corrected chi connectivity index (χ2v) is 7.86. The van der Waals surface area contributed by atoms with E-state index in [-0.39, 0.29) is 24.0 Å². The van der Waals surface area contributed by atoms with Crippen LogP contribution in [-0.2, 0) is 6.54 Å². The Morgan fingerprint density at radius 2 is 2.07 bits per heavy atom. The van der Waals surface area contributed by atoms with E-state index in [0.29, 0.717) is 33.3 Å². The molecule has 0 aliphatic carbocycles. The Bertz CT molecular complexity index is 1070. The summed E-state index contributed by atoms with van der Waals surface area (Å²) in [6.07, 6.45) is 2.40. The average Bonchev–Trinajstić information content (AvgIpc) is 3.12. The maximum atomic E-state index is 12.8. The van der Waals surface area contributed by atoms with Gasteiger partial charge in [0.25, 0.3) is 5.91 Å². The van der Waals surface area contributed by atoms with Crippen molar-refractivity contribution in [3.05, 3.63) is 57.8 Å². The quantitative estimate of drug-likeness (QED) is 0.585. The molecule has 1 saturated heterocycles. The van der Waals surface area contributed by atoms with E-state index in [1.807, 2.05) is 11.0 Å². The number of aromatic hydroxyl groups is 1. The molecule has 0 saturated carbocycles. The molecule has 1 aliphatic heterocycles. The minimum Gasteiger partial charge on any atom is -0.504 e. The fourth-order valence-electron chi connectivity index (χ4n) is 3.46. The molecule has 1 atom stereocenters. The Kier molecular flexibility index (Phi) is 5.45. The van der Waals surface area contributed by atoms with Gasteiger partial charge in [0.1, 0.15) is 11.3 Å². The third kappa shape index (κ3) is 4.07. The molecule has 9 heteroatoms. The summed E-state index contributed by atoms with van der Waals surface area (Å²) in [5, 5.41) is 15.0. The predicted molar refractivity (Wildman–Crippen MR) is 114 cm³/mol. The molecule has 1 aliphatic rings. The molecule has 7 nitrogen and oxygen atoms in total. The van der Waals surface area contributed by atoms with Gasteiger partial charge in [-0.25, -0.2) is 4.98 Å². The van der Waals surface area contributed by atoms with E-state index in [9.17, 15) is 9.90 Å². The Morgan fingerprint density at radius 3 is 2.76 bits per heavy atom. The van der Waals surface area contributed by atoms with E-state index in [1.54, 1.807) is 30.5 Å². The molecule has 1 fully saturated rings. The zero-order valence-corrected chi connectivity index (χ0v) is 16.9. The van der Waals surface area contributed by atoms with Crippen molar-refractivity contribution in [3.63, 3.8) is 0 Å². The summed E-state index contributed by atoms with van der Waals surface area (Å²) < 4.78 is 0. The van der Waals surface area contributed by atoms with E-state index in [1.165, 1.54) is 0 Å². The number of aromatic nitrogens is 2. The van der Waals surface area contributed by atoms with Gasteiger partial charge in [0.15, 0.2) is 11.4 Å². The number of carbonyl (C=O) groups is 1. The van der Waals surface area contributed by atoms with Crippen LogP contribution in [0.1, 0.15) is 22.5 Å². The Labute approximate surface area is 177 Å². The second kappa shape index (κ2) is 8.02. The van der Waals surface area contributed by atoms with E-state index in [2.05, 4.69) is 15.3 Å². The summed E-state index contributed by atoms with van der Waals surface area (Å²) in [6.45, 7) is 1.54. The van der Waals surface area contributed by atoms with Gasteiger partial charge in [0, 0.05) is 47.3 Å². The molecule has 1 unspecified atom stereocenters.